The predicted molar refractivity (Wildman–Crippen MR) is 135 cm³/mol. The number of hydrogen-bond acceptors (Lipinski definition) is 5. The van der Waals surface area contributed by atoms with Crippen molar-refractivity contribution in [1.82, 2.24) is 15.1 Å². The third-order valence-corrected chi connectivity index (χ3v) is 8.58. The summed E-state index contributed by atoms with van der Waals surface area (Å²) in [4.78, 5) is 29.7. The summed E-state index contributed by atoms with van der Waals surface area (Å²) in [6, 6.07) is 16.9. The van der Waals surface area contributed by atoms with Gasteiger partial charge in [0.05, 0.1) is 16.4 Å². The number of carbonyl (C=O) groups excluding carboxylic acids is 2. The molecular formula is C27H35N3O4S. The fourth-order valence-electron chi connectivity index (χ4n) is 5.34. The van der Waals surface area contributed by atoms with E-state index in [4.69, 9.17) is 0 Å². The number of nitrogens with zero attached hydrogens (tertiary/aromatic N) is 2. The molecule has 1 atom stereocenters. The number of piperidine rings is 1. The lowest BCUT2D eigenvalue weighted by atomic mass is 9.77. The van der Waals surface area contributed by atoms with Crippen molar-refractivity contribution in [1.29, 1.82) is 0 Å². The number of likely N-dealkylation sites (tertiary alicyclic amines) is 2. The minimum atomic E-state index is -3.22. The van der Waals surface area contributed by atoms with Gasteiger partial charge in [-0.2, -0.15) is 0 Å². The first kappa shape index (κ1) is 25.4. The maximum atomic E-state index is 13.4. The Hall–Kier alpha value is -2.71. The molecule has 2 saturated heterocycles. The van der Waals surface area contributed by atoms with Crippen LogP contribution < -0.4 is 5.32 Å². The van der Waals surface area contributed by atoms with Crippen LogP contribution in [0.4, 0.5) is 0 Å². The summed E-state index contributed by atoms with van der Waals surface area (Å²) < 4.78 is 23.4. The van der Waals surface area contributed by atoms with Crippen LogP contribution in [0.25, 0.3) is 0 Å². The van der Waals surface area contributed by atoms with E-state index in [9.17, 15) is 18.0 Å². The molecule has 188 valence electrons. The lowest BCUT2D eigenvalue weighted by Crippen LogP contribution is -2.45. The molecule has 1 N–H and O–H groups in total. The van der Waals surface area contributed by atoms with Crippen LogP contribution in [0.1, 0.15) is 49.8 Å². The largest absolute Gasteiger partial charge is 0.349 e. The smallest absolute Gasteiger partial charge is 0.229 e. The zero-order chi connectivity index (χ0) is 25.1. The summed E-state index contributed by atoms with van der Waals surface area (Å²) in [5, 5.41) is 3.07. The van der Waals surface area contributed by atoms with Crippen LogP contribution in [0.3, 0.4) is 0 Å². The average molecular weight is 498 g/mol. The van der Waals surface area contributed by atoms with Crippen molar-refractivity contribution in [3.8, 4) is 0 Å². The molecule has 0 saturated carbocycles. The summed E-state index contributed by atoms with van der Waals surface area (Å²) in [6.45, 7) is 5.45. The lowest BCUT2D eigenvalue weighted by molar-refractivity contribution is -0.139. The predicted octanol–water partition coefficient (Wildman–Crippen LogP) is 3.17. The van der Waals surface area contributed by atoms with Crippen molar-refractivity contribution in [2.45, 2.75) is 50.1 Å². The van der Waals surface area contributed by atoms with Crippen LogP contribution in [0, 0.1) is 5.41 Å². The molecule has 2 heterocycles. The van der Waals surface area contributed by atoms with Gasteiger partial charge < -0.3 is 15.1 Å². The fourth-order valence-corrected chi connectivity index (χ4v) is 5.97. The first-order valence-corrected chi connectivity index (χ1v) is 14.2. The van der Waals surface area contributed by atoms with Crippen LogP contribution in [0.15, 0.2) is 59.5 Å². The van der Waals surface area contributed by atoms with Crippen molar-refractivity contribution in [2.75, 3.05) is 32.4 Å². The van der Waals surface area contributed by atoms with Gasteiger partial charge in [-0.25, -0.2) is 8.42 Å². The Morgan fingerprint density at radius 1 is 1.00 bits per heavy atom. The molecule has 1 unspecified atom stereocenters. The van der Waals surface area contributed by atoms with Crippen LogP contribution in [0.5, 0.6) is 0 Å². The molecular weight excluding hydrogens is 462 g/mol. The Morgan fingerprint density at radius 2 is 1.63 bits per heavy atom. The summed E-state index contributed by atoms with van der Waals surface area (Å²) >= 11 is 0. The fraction of sp³-hybridized carbons (Fsp3) is 0.481. The molecule has 2 aromatic rings. The number of carbonyl (C=O) groups is 2. The summed E-state index contributed by atoms with van der Waals surface area (Å²) in [5.41, 5.74) is 1.78. The quantitative estimate of drug-likeness (QED) is 0.605. The topological polar surface area (TPSA) is 86.8 Å². The highest BCUT2D eigenvalue weighted by atomic mass is 32.2. The van der Waals surface area contributed by atoms with Gasteiger partial charge >= 0.3 is 0 Å². The minimum absolute atomic E-state index is 0.0118. The molecule has 2 aromatic carbocycles. The van der Waals surface area contributed by atoms with Crippen molar-refractivity contribution >= 4 is 21.7 Å². The number of benzene rings is 2. The second-order valence-corrected chi connectivity index (χ2v) is 12.0. The van der Waals surface area contributed by atoms with E-state index in [1.54, 1.807) is 31.2 Å². The summed E-state index contributed by atoms with van der Waals surface area (Å²) in [5.74, 6) is 0.198. The van der Waals surface area contributed by atoms with Crippen molar-refractivity contribution in [2.24, 2.45) is 5.41 Å². The van der Waals surface area contributed by atoms with Gasteiger partial charge in [0.1, 0.15) is 0 Å². The Labute approximate surface area is 208 Å². The third kappa shape index (κ3) is 6.11. The zero-order valence-corrected chi connectivity index (χ0v) is 21.4. The second kappa shape index (κ2) is 10.5. The molecule has 2 aliphatic heterocycles. The van der Waals surface area contributed by atoms with Gasteiger partial charge in [-0.15, -0.1) is 0 Å². The molecule has 2 aliphatic rings. The number of amides is 2. The molecule has 1 spiro atoms. The number of nitrogens with one attached hydrogen (secondary N) is 1. The highest BCUT2D eigenvalue weighted by Crippen LogP contribution is 2.42. The number of rotatable bonds is 8. The van der Waals surface area contributed by atoms with Gasteiger partial charge in [-0.1, -0.05) is 42.5 Å². The van der Waals surface area contributed by atoms with E-state index in [-0.39, 0.29) is 23.3 Å². The molecule has 0 radical (unpaired) electrons. The molecule has 0 bridgehead atoms. The van der Waals surface area contributed by atoms with E-state index >= 15 is 0 Å². The second-order valence-electron chi connectivity index (χ2n) is 9.97. The van der Waals surface area contributed by atoms with Crippen molar-refractivity contribution in [3.63, 3.8) is 0 Å². The molecule has 2 fully saturated rings. The monoisotopic (exact) mass is 497 g/mol. The van der Waals surface area contributed by atoms with Crippen LogP contribution in [-0.4, -0.2) is 62.5 Å². The Kier molecular flexibility index (Phi) is 7.62. The number of sulfone groups is 1. The molecule has 2 amide bonds. The highest BCUT2D eigenvalue weighted by molar-refractivity contribution is 7.90. The Bertz CT molecular complexity index is 1140. The third-order valence-electron chi connectivity index (χ3n) is 7.45. The normalized spacial score (nSPS) is 19.1. The van der Waals surface area contributed by atoms with Gasteiger partial charge in [0.2, 0.25) is 11.8 Å². The lowest BCUT2D eigenvalue weighted by Gasteiger charge is -2.38. The van der Waals surface area contributed by atoms with Crippen LogP contribution in [0.2, 0.25) is 0 Å². The maximum Gasteiger partial charge on any atom is 0.229 e. The maximum absolute atomic E-state index is 13.4. The van der Waals surface area contributed by atoms with E-state index < -0.39 is 9.84 Å². The van der Waals surface area contributed by atoms with Gasteiger partial charge in [0, 0.05) is 32.8 Å². The first-order chi connectivity index (χ1) is 16.7. The van der Waals surface area contributed by atoms with E-state index in [0.717, 1.165) is 63.0 Å². The molecule has 0 aliphatic carbocycles. The SMILES string of the molecule is CC(=O)NC(CCN1CCC2(CC1)CCN(Cc1ccc(S(C)(=O)=O)cc1)C2=O)c1ccccc1. The van der Waals surface area contributed by atoms with E-state index in [1.807, 2.05) is 35.2 Å². The van der Waals surface area contributed by atoms with Crippen molar-refractivity contribution < 1.29 is 18.0 Å². The van der Waals surface area contributed by atoms with Gasteiger partial charge in [-0.3, -0.25) is 9.59 Å². The van der Waals surface area contributed by atoms with Gasteiger partial charge in [-0.05, 0) is 62.0 Å². The minimum Gasteiger partial charge on any atom is -0.349 e. The van der Waals surface area contributed by atoms with Crippen molar-refractivity contribution in [3.05, 3.63) is 65.7 Å². The highest BCUT2D eigenvalue weighted by Gasteiger charge is 2.47. The summed E-state index contributed by atoms with van der Waals surface area (Å²) in [7, 11) is -3.22. The molecule has 35 heavy (non-hydrogen) atoms. The average Bonchev–Trinajstić information content (AvgIpc) is 3.12. The Balaban J connectivity index is 1.30. The molecule has 8 heteroatoms. The van der Waals surface area contributed by atoms with Crippen LogP contribution in [-0.2, 0) is 26.0 Å². The molecule has 4 rings (SSSR count). The van der Waals surface area contributed by atoms with E-state index in [1.165, 1.54) is 6.26 Å². The molecule has 7 nitrogen and oxygen atoms in total. The van der Waals surface area contributed by atoms with Gasteiger partial charge in [0.25, 0.3) is 0 Å². The van der Waals surface area contributed by atoms with E-state index in [2.05, 4.69) is 10.2 Å². The summed E-state index contributed by atoms with van der Waals surface area (Å²) in [6.07, 6.45) is 4.61. The van der Waals surface area contributed by atoms with E-state index in [0.29, 0.717) is 11.4 Å². The Morgan fingerprint density at radius 3 is 2.23 bits per heavy atom. The van der Waals surface area contributed by atoms with Gasteiger partial charge in [0.15, 0.2) is 9.84 Å². The number of hydrogen-bond donors (Lipinski definition) is 1. The molecule has 0 aromatic heterocycles. The first-order valence-electron chi connectivity index (χ1n) is 12.3. The van der Waals surface area contributed by atoms with Crippen LogP contribution >= 0.6 is 0 Å². The standard InChI is InChI=1S/C27H35N3O4S/c1-21(31)28-25(23-6-4-3-5-7-23)12-16-29-17-13-27(14-18-29)15-19-30(26(27)32)20-22-8-10-24(11-9-22)35(2,33)34/h3-11,25H,12-20H2,1-2H3,(H,28,31). The zero-order valence-electron chi connectivity index (χ0n) is 20.6.